The standard InChI is InChI=1S/C16H14N2O2/c1-12-8-9-17-15(11-12)18-16(20)14-6-4-13(5-7-14)3-2-10-19/h4-9,11,19H,10H2,1H3,(H,17,18,20). The Morgan fingerprint density at radius 3 is 2.70 bits per heavy atom. The lowest BCUT2D eigenvalue weighted by atomic mass is 10.1. The van der Waals surface area contributed by atoms with Crippen molar-refractivity contribution in [2.45, 2.75) is 6.92 Å². The van der Waals surface area contributed by atoms with E-state index in [2.05, 4.69) is 22.1 Å². The second-order valence-corrected chi connectivity index (χ2v) is 4.21. The van der Waals surface area contributed by atoms with Crippen LogP contribution in [0.4, 0.5) is 5.82 Å². The first kappa shape index (κ1) is 13.8. The van der Waals surface area contributed by atoms with Crippen LogP contribution in [0.25, 0.3) is 0 Å². The summed E-state index contributed by atoms with van der Waals surface area (Å²) in [5.74, 6) is 5.64. The number of aliphatic hydroxyl groups excluding tert-OH is 1. The molecular weight excluding hydrogens is 252 g/mol. The van der Waals surface area contributed by atoms with Crippen molar-refractivity contribution in [3.05, 3.63) is 59.3 Å². The Hall–Kier alpha value is -2.64. The van der Waals surface area contributed by atoms with Gasteiger partial charge in [-0.25, -0.2) is 4.98 Å². The van der Waals surface area contributed by atoms with Crippen LogP contribution in [0.5, 0.6) is 0 Å². The number of carbonyl (C=O) groups is 1. The number of hydrogen-bond acceptors (Lipinski definition) is 3. The molecule has 2 aromatic rings. The van der Waals surface area contributed by atoms with Gasteiger partial charge in [-0.1, -0.05) is 11.8 Å². The van der Waals surface area contributed by atoms with Gasteiger partial charge in [-0.3, -0.25) is 4.79 Å². The molecule has 0 radical (unpaired) electrons. The molecule has 0 saturated heterocycles. The molecule has 0 aliphatic carbocycles. The number of anilines is 1. The Bertz CT molecular complexity index is 667. The SMILES string of the molecule is Cc1ccnc(NC(=O)c2ccc(C#CCO)cc2)c1. The number of amides is 1. The van der Waals surface area contributed by atoms with Crippen LogP contribution in [-0.2, 0) is 0 Å². The molecule has 1 aromatic heterocycles. The van der Waals surface area contributed by atoms with Crippen molar-refractivity contribution < 1.29 is 9.90 Å². The fourth-order valence-corrected chi connectivity index (χ4v) is 1.64. The highest BCUT2D eigenvalue weighted by molar-refractivity contribution is 6.03. The Balaban J connectivity index is 2.09. The number of aryl methyl sites for hydroxylation is 1. The molecule has 4 nitrogen and oxygen atoms in total. The summed E-state index contributed by atoms with van der Waals surface area (Å²) in [6, 6.07) is 10.5. The van der Waals surface area contributed by atoms with Gasteiger partial charge in [-0.15, -0.1) is 0 Å². The zero-order valence-electron chi connectivity index (χ0n) is 11.1. The zero-order chi connectivity index (χ0) is 14.4. The third-order valence-corrected chi connectivity index (χ3v) is 2.62. The van der Waals surface area contributed by atoms with Crippen LogP contribution in [-0.4, -0.2) is 22.6 Å². The number of carbonyl (C=O) groups excluding carboxylic acids is 1. The van der Waals surface area contributed by atoms with Crippen LogP contribution < -0.4 is 5.32 Å². The lowest BCUT2D eigenvalue weighted by Crippen LogP contribution is -2.12. The van der Waals surface area contributed by atoms with E-state index in [0.29, 0.717) is 11.4 Å². The number of aromatic nitrogens is 1. The van der Waals surface area contributed by atoms with Gasteiger partial charge in [-0.05, 0) is 48.9 Å². The molecule has 1 aromatic carbocycles. The highest BCUT2D eigenvalue weighted by Gasteiger charge is 2.06. The second kappa shape index (κ2) is 6.50. The largest absolute Gasteiger partial charge is 0.384 e. The summed E-state index contributed by atoms with van der Waals surface area (Å²) < 4.78 is 0. The molecule has 0 bridgehead atoms. The summed E-state index contributed by atoms with van der Waals surface area (Å²) in [6.45, 7) is 1.76. The van der Waals surface area contributed by atoms with E-state index in [9.17, 15) is 4.79 Å². The zero-order valence-corrected chi connectivity index (χ0v) is 11.1. The smallest absolute Gasteiger partial charge is 0.256 e. The minimum Gasteiger partial charge on any atom is -0.384 e. The topological polar surface area (TPSA) is 62.2 Å². The monoisotopic (exact) mass is 266 g/mol. The first-order valence-electron chi connectivity index (χ1n) is 6.13. The van der Waals surface area contributed by atoms with Crippen LogP contribution in [0, 0.1) is 18.8 Å². The highest BCUT2D eigenvalue weighted by atomic mass is 16.2. The van der Waals surface area contributed by atoms with Crippen molar-refractivity contribution in [3.8, 4) is 11.8 Å². The number of nitrogens with one attached hydrogen (secondary N) is 1. The molecule has 0 unspecified atom stereocenters. The number of hydrogen-bond donors (Lipinski definition) is 2. The van der Waals surface area contributed by atoms with E-state index in [1.807, 2.05) is 13.0 Å². The lowest BCUT2D eigenvalue weighted by Gasteiger charge is -2.05. The normalized spacial score (nSPS) is 9.50. The van der Waals surface area contributed by atoms with Gasteiger partial charge < -0.3 is 10.4 Å². The fraction of sp³-hybridized carbons (Fsp3) is 0.125. The molecule has 0 aliphatic rings. The summed E-state index contributed by atoms with van der Waals surface area (Å²) >= 11 is 0. The van der Waals surface area contributed by atoms with Gasteiger partial charge in [0.25, 0.3) is 5.91 Å². The molecule has 1 heterocycles. The lowest BCUT2D eigenvalue weighted by molar-refractivity contribution is 0.102. The molecule has 1 amide bonds. The molecule has 0 fully saturated rings. The van der Waals surface area contributed by atoms with Gasteiger partial charge in [0.1, 0.15) is 12.4 Å². The summed E-state index contributed by atoms with van der Waals surface area (Å²) in [5, 5.41) is 11.3. The average molecular weight is 266 g/mol. The van der Waals surface area contributed by atoms with Crippen molar-refractivity contribution in [2.75, 3.05) is 11.9 Å². The van der Waals surface area contributed by atoms with Gasteiger partial charge in [-0.2, -0.15) is 0 Å². The van der Waals surface area contributed by atoms with E-state index in [1.54, 1.807) is 36.5 Å². The fourth-order valence-electron chi connectivity index (χ4n) is 1.64. The molecule has 20 heavy (non-hydrogen) atoms. The first-order valence-corrected chi connectivity index (χ1v) is 6.13. The number of pyridine rings is 1. The number of aliphatic hydroxyl groups is 1. The Morgan fingerprint density at radius 2 is 2.05 bits per heavy atom. The summed E-state index contributed by atoms with van der Waals surface area (Å²) in [5.41, 5.74) is 2.32. The predicted octanol–water partition coefficient (Wildman–Crippen LogP) is 1.99. The number of rotatable bonds is 2. The molecular formula is C16H14N2O2. The summed E-state index contributed by atoms with van der Waals surface area (Å²) in [6.07, 6.45) is 1.65. The summed E-state index contributed by atoms with van der Waals surface area (Å²) in [7, 11) is 0. The molecule has 2 N–H and O–H groups in total. The van der Waals surface area contributed by atoms with Crippen LogP contribution in [0.1, 0.15) is 21.5 Å². The molecule has 0 atom stereocenters. The summed E-state index contributed by atoms with van der Waals surface area (Å²) in [4.78, 5) is 16.1. The van der Waals surface area contributed by atoms with E-state index >= 15 is 0 Å². The Morgan fingerprint density at radius 1 is 1.30 bits per heavy atom. The average Bonchev–Trinajstić information content (AvgIpc) is 2.45. The van der Waals surface area contributed by atoms with E-state index in [1.165, 1.54) is 0 Å². The van der Waals surface area contributed by atoms with E-state index in [4.69, 9.17) is 5.11 Å². The van der Waals surface area contributed by atoms with E-state index in [0.717, 1.165) is 11.1 Å². The second-order valence-electron chi connectivity index (χ2n) is 4.21. The molecule has 100 valence electrons. The predicted molar refractivity (Wildman–Crippen MR) is 77.3 cm³/mol. The van der Waals surface area contributed by atoms with Crippen molar-refractivity contribution >= 4 is 11.7 Å². The minimum absolute atomic E-state index is 0.179. The Labute approximate surface area is 117 Å². The van der Waals surface area contributed by atoms with Crippen LogP contribution in [0.2, 0.25) is 0 Å². The number of benzene rings is 1. The van der Waals surface area contributed by atoms with Crippen molar-refractivity contribution in [1.82, 2.24) is 4.98 Å². The molecule has 0 spiro atoms. The van der Waals surface area contributed by atoms with Crippen LogP contribution >= 0.6 is 0 Å². The molecule has 0 aliphatic heterocycles. The van der Waals surface area contributed by atoms with Crippen molar-refractivity contribution in [3.63, 3.8) is 0 Å². The quantitative estimate of drug-likeness (QED) is 0.817. The van der Waals surface area contributed by atoms with E-state index < -0.39 is 0 Å². The first-order chi connectivity index (χ1) is 9.69. The highest BCUT2D eigenvalue weighted by Crippen LogP contribution is 2.09. The van der Waals surface area contributed by atoms with Crippen molar-refractivity contribution in [2.24, 2.45) is 0 Å². The van der Waals surface area contributed by atoms with Gasteiger partial charge in [0.15, 0.2) is 0 Å². The number of nitrogens with zero attached hydrogens (tertiary/aromatic N) is 1. The van der Waals surface area contributed by atoms with Gasteiger partial charge in [0.05, 0.1) is 0 Å². The maximum Gasteiger partial charge on any atom is 0.256 e. The van der Waals surface area contributed by atoms with Gasteiger partial charge >= 0.3 is 0 Å². The molecule has 2 rings (SSSR count). The Kier molecular flexibility index (Phi) is 4.48. The van der Waals surface area contributed by atoms with Crippen LogP contribution in [0.3, 0.4) is 0 Å². The molecule has 4 heteroatoms. The van der Waals surface area contributed by atoms with Crippen molar-refractivity contribution in [1.29, 1.82) is 0 Å². The molecule has 0 saturated carbocycles. The maximum absolute atomic E-state index is 12.0. The van der Waals surface area contributed by atoms with E-state index in [-0.39, 0.29) is 12.5 Å². The minimum atomic E-state index is -0.218. The van der Waals surface area contributed by atoms with Gasteiger partial charge in [0.2, 0.25) is 0 Å². The van der Waals surface area contributed by atoms with Gasteiger partial charge in [0, 0.05) is 17.3 Å². The maximum atomic E-state index is 12.0. The third kappa shape index (κ3) is 3.67. The third-order valence-electron chi connectivity index (χ3n) is 2.62. The van der Waals surface area contributed by atoms with Crippen LogP contribution in [0.15, 0.2) is 42.6 Å².